The van der Waals surface area contributed by atoms with E-state index >= 15 is 0 Å². The smallest absolute Gasteiger partial charge is 0.326 e. The van der Waals surface area contributed by atoms with Crippen LogP contribution in [0.4, 0.5) is 0 Å². The number of furan rings is 1. The van der Waals surface area contributed by atoms with Crippen LogP contribution in [0.5, 0.6) is 0 Å². The average Bonchev–Trinajstić information content (AvgIpc) is 3.24. The first kappa shape index (κ1) is 17.4. The molecule has 8 heteroatoms. The molecule has 1 aromatic heterocycles. The van der Waals surface area contributed by atoms with E-state index in [2.05, 4.69) is 5.32 Å². The Kier molecular flexibility index (Phi) is 4.83. The molecule has 1 aliphatic heterocycles. The van der Waals surface area contributed by atoms with Gasteiger partial charge in [0.1, 0.15) is 12.3 Å². The molecule has 1 atom stereocenters. The molecule has 0 saturated heterocycles. The third-order valence-corrected chi connectivity index (χ3v) is 3.88. The van der Waals surface area contributed by atoms with Crippen molar-refractivity contribution < 1.29 is 28.3 Å². The Bertz CT molecular complexity index is 823. The topological polar surface area (TPSA) is 106 Å². The molecule has 0 spiro atoms. The molecule has 2 aromatic rings. The van der Waals surface area contributed by atoms with Gasteiger partial charge in [-0.3, -0.25) is 24.1 Å². The lowest BCUT2D eigenvalue weighted by molar-refractivity contribution is -0.148. The number of ether oxygens (including phenoxy) is 1. The Morgan fingerprint density at radius 2 is 1.77 bits per heavy atom. The highest BCUT2D eigenvalue weighted by atomic mass is 16.5. The summed E-state index contributed by atoms with van der Waals surface area (Å²) in [6.45, 7) is 0.651. The highest BCUT2D eigenvalue weighted by molar-refractivity contribution is 6.22. The van der Waals surface area contributed by atoms with E-state index < -0.39 is 36.8 Å². The summed E-state index contributed by atoms with van der Waals surface area (Å²) in [4.78, 5) is 48.8. The lowest BCUT2D eigenvalue weighted by Crippen LogP contribution is -2.37. The summed E-state index contributed by atoms with van der Waals surface area (Å²) in [6.07, 6.45) is 1.49. The first-order valence-electron chi connectivity index (χ1n) is 7.91. The van der Waals surface area contributed by atoms with E-state index in [0.29, 0.717) is 5.76 Å². The molecular formula is C18H16N2O6. The number of fused-ring (bicyclic) bond motifs is 1. The van der Waals surface area contributed by atoms with E-state index in [0.717, 1.165) is 4.90 Å². The molecule has 1 aromatic carbocycles. The highest BCUT2D eigenvalue weighted by Gasteiger charge is 2.36. The lowest BCUT2D eigenvalue weighted by atomic mass is 10.1. The van der Waals surface area contributed by atoms with Gasteiger partial charge in [0.05, 0.1) is 23.4 Å². The van der Waals surface area contributed by atoms with Gasteiger partial charge in [-0.1, -0.05) is 12.1 Å². The van der Waals surface area contributed by atoms with Crippen molar-refractivity contribution in [3.8, 4) is 0 Å². The minimum atomic E-state index is -0.847. The molecule has 8 nitrogen and oxygen atoms in total. The Hall–Kier alpha value is -3.42. The van der Waals surface area contributed by atoms with Gasteiger partial charge < -0.3 is 14.5 Å². The summed E-state index contributed by atoms with van der Waals surface area (Å²) in [5.41, 5.74) is 0.491. The van der Waals surface area contributed by atoms with Crippen LogP contribution in [0.2, 0.25) is 0 Å². The van der Waals surface area contributed by atoms with Gasteiger partial charge in [-0.15, -0.1) is 0 Å². The van der Waals surface area contributed by atoms with Crippen molar-refractivity contribution in [3.05, 3.63) is 59.5 Å². The van der Waals surface area contributed by atoms with Gasteiger partial charge in [-0.05, 0) is 31.2 Å². The molecule has 0 unspecified atom stereocenters. The quantitative estimate of drug-likeness (QED) is 0.618. The van der Waals surface area contributed by atoms with Crippen molar-refractivity contribution in [2.24, 2.45) is 0 Å². The van der Waals surface area contributed by atoms with E-state index in [9.17, 15) is 19.2 Å². The molecule has 0 fully saturated rings. The second kappa shape index (κ2) is 7.22. The molecule has 26 heavy (non-hydrogen) atoms. The van der Waals surface area contributed by atoms with E-state index in [-0.39, 0.29) is 17.2 Å². The van der Waals surface area contributed by atoms with E-state index in [1.165, 1.54) is 18.4 Å². The summed E-state index contributed by atoms with van der Waals surface area (Å²) < 4.78 is 10.0. The zero-order valence-electron chi connectivity index (χ0n) is 13.9. The lowest BCUT2D eigenvalue weighted by Gasteiger charge is -2.14. The minimum absolute atomic E-state index is 0.246. The van der Waals surface area contributed by atoms with Crippen LogP contribution in [0.25, 0.3) is 0 Å². The molecule has 1 aliphatic rings. The van der Waals surface area contributed by atoms with Crippen molar-refractivity contribution in [2.45, 2.75) is 13.0 Å². The number of imide groups is 1. The van der Waals surface area contributed by atoms with Crippen molar-refractivity contribution in [3.63, 3.8) is 0 Å². The van der Waals surface area contributed by atoms with Crippen LogP contribution in [0.1, 0.15) is 39.4 Å². The van der Waals surface area contributed by atoms with Crippen molar-refractivity contribution in [1.29, 1.82) is 0 Å². The molecule has 3 rings (SSSR count). The first-order valence-corrected chi connectivity index (χ1v) is 7.91. The first-order chi connectivity index (χ1) is 12.5. The normalized spacial score (nSPS) is 14.1. The Labute approximate surface area is 148 Å². The number of nitrogens with one attached hydrogen (secondary N) is 1. The third kappa shape index (κ3) is 3.49. The monoisotopic (exact) mass is 356 g/mol. The molecule has 2 heterocycles. The zero-order chi connectivity index (χ0) is 18.7. The Morgan fingerprint density at radius 1 is 1.12 bits per heavy atom. The van der Waals surface area contributed by atoms with Crippen LogP contribution in [0, 0.1) is 0 Å². The molecule has 0 saturated carbocycles. The molecule has 0 bridgehead atoms. The second-order valence-electron chi connectivity index (χ2n) is 5.71. The number of hydrogen-bond acceptors (Lipinski definition) is 6. The summed E-state index contributed by atoms with van der Waals surface area (Å²) in [7, 11) is 0. The van der Waals surface area contributed by atoms with Gasteiger partial charge in [0.15, 0.2) is 6.61 Å². The van der Waals surface area contributed by atoms with Crippen LogP contribution in [0.15, 0.2) is 47.1 Å². The molecule has 0 aliphatic carbocycles. The minimum Gasteiger partial charge on any atom is -0.467 e. The third-order valence-electron chi connectivity index (χ3n) is 3.88. The summed E-state index contributed by atoms with van der Waals surface area (Å²) in [6, 6.07) is 9.33. The zero-order valence-corrected chi connectivity index (χ0v) is 13.9. The number of carbonyl (C=O) groups is 4. The maximum atomic E-state index is 12.2. The van der Waals surface area contributed by atoms with Crippen molar-refractivity contribution >= 4 is 23.7 Å². The van der Waals surface area contributed by atoms with Gasteiger partial charge in [-0.25, -0.2) is 0 Å². The van der Waals surface area contributed by atoms with Crippen LogP contribution in [-0.4, -0.2) is 41.7 Å². The maximum Gasteiger partial charge on any atom is 0.326 e. The molecule has 0 radical (unpaired) electrons. The fourth-order valence-electron chi connectivity index (χ4n) is 2.60. The Balaban J connectivity index is 1.50. The van der Waals surface area contributed by atoms with Crippen LogP contribution < -0.4 is 5.32 Å². The van der Waals surface area contributed by atoms with Crippen LogP contribution >= 0.6 is 0 Å². The predicted octanol–water partition coefficient (Wildman–Crippen LogP) is 1.30. The summed E-state index contributed by atoms with van der Waals surface area (Å²) in [5.74, 6) is -1.92. The van der Waals surface area contributed by atoms with Crippen molar-refractivity contribution in [2.75, 3.05) is 13.2 Å². The van der Waals surface area contributed by atoms with Crippen LogP contribution in [-0.2, 0) is 14.3 Å². The second-order valence-corrected chi connectivity index (χ2v) is 5.71. The SMILES string of the molecule is C[C@H](NC(=O)COC(=O)CN1C(=O)c2ccccc2C1=O)c1ccco1. The molecular weight excluding hydrogens is 340 g/mol. The molecule has 134 valence electrons. The van der Waals surface area contributed by atoms with Crippen LogP contribution in [0.3, 0.4) is 0 Å². The number of benzene rings is 1. The molecule has 1 N–H and O–H groups in total. The van der Waals surface area contributed by atoms with Gasteiger partial charge >= 0.3 is 5.97 Å². The average molecular weight is 356 g/mol. The number of rotatable bonds is 6. The number of carbonyl (C=O) groups excluding carboxylic acids is 4. The van der Waals surface area contributed by atoms with Crippen molar-refractivity contribution in [1.82, 2.24) is 10.2 Å². The maximum absolute atomic E-state index is 12.2. The van der Waals surface area contributed by atoms with E-state index in [1.54, 1.807) is 31.2 Å². The van der Waals surface area contributed by atoms with E-state index in [1.807, 2.05) is 0 Å². The van der Waals surface area contributed by atoms with Gasteiger partial charge in [0.25, 0.3) is 17.7 Å². The highest BCUT2D eigenvalue weighted by Crippen LogP contribution is 2.22. The number of hydrogen-bond donors (Lipinski definition) is 1. The summed E-state index contributed by atoms with van der Waals surface area (Å²) in [5, 5.41) is 2.61. The Morgan fingerprint density at radius 3 is 2.35 bits per heavy atom. The largest absolute Gasteiger partial charge is 0.467 e. The number of amides is 3. The van der Waals surface area contributed by atoms with Gasteiger partial charge in [0.2, 0.25) is 0 Å². The standard InChI is InChI=1S/C18H16N2O6/c1-11(14-7-4-8-25-14)19-15(21)10-26-16(22)9-20-17(23)12-5-2-3-6-13(12)18(20)24/h2-8,11H,9-10H2,1H3,(H,19,21)/t11-/m0/s1. The van der Waals surface area contributed by atoms with Gasteiger partial charge in [0, 0.05) is 0 Å². The number of esters is 1. The fraction of sp³-hybridized carbons (Fsp3) is 0.222. The fourth-order valence-corrected chi connectivity index (χ4v) is 2.60. The van der Waals surface area contributed by atoms with E-state index in [4.69, 9.17) is 9.15 Å². The molecule has 3 amide bonds. The number of nitrogens with zero attached hydrogens (tertiary/aromatic N) is 1. The predicted molar refractivity (Wildman–Crippen MR) is 88.0 cm³/mol. The summed E-state index contributed by atoms with van der Waals surface area (Å²) >= 11 is 0. The van der Waals surface area contributed by atoms with Gasteiger partial charge in [-0.2, -0.15) is 0 Å².